The highest BCUT2D eigenvalue weighted by molar-refractivity contribution is 5.67. The first-order valence-corrected chi connectivity index (χ1v) is 5.71. The molecule has 0 aliphatic heterocycles. The maximum atomic E-state index is 10.7. The van der Waals surface area contributed by atoms with Gasteiger partial charge in [0, 0.05) is 6.04 Å². The normalized spacial score (nSPS) is 12.3. The van der Waals surface area contributed by atoms with Gasteiger partial charge in [0.1, 0.15) is 0 Å². The van der Waals surface area contributed by atoms with Crippen LogP contribution in [0.25, 0.3) is 0 Å². The summed E-state index contributed by atoms with van der Waals surface area (Å²) >= 11 is 0. The van der Waals surface area contributed by atoms with Crippen LogP contribution in [-0.2, 0) is 11.2 Å². The molecule has 3 nitrogen and oxygen atoms in total. The Hall–Kier alpha value is -1.35. The van der Waals surface area contributed by atoms with E-state index in [9.17, 15) is 4.79 Å². The Labute approximate surface area is 96.5 Å². The second-order valence-electron chi connectivity index (χ2n) is 3.88. The van der Waals surface area contributed by atoms with Gasteiger partial charge in [-0.3, -0.25) is 4.79 Å². The molecule has 0 amide bonds. The Bertz CT molecular complexity index is 311. The van der Waals surface area contributed by atoms with E-state index >= 15 is 0 Å². The number of aliphatic carboxylic acids is 1. The summed E-state index contributed by atoms with van der Waals surface area (Å²) in [4.78, 5) is 10.7. The summed E-state index contributed by atoms with van der Waals surface area (Å²) in [6.45, 7) is 2.81. The number of hydrogen-bond donors (Lipinski definition) is 2. The average Bonchev–Trinajstić information content (AvgIpc) is 2.27. The molecule has 0 saturated heterocycles. The van der Waals surface area contributed by atoms with Crippen LogP contribution < -0.4 is 5.32 Å². The molecule has 0 unspecified atom stereocenters. The zero-order chi connectivity index (χ0) is 11.8. The van der Waals surface area contributed by atoms with Crippen molar-refractivity contribution in [3.63, 3.8) is 0 Å². The third-order valence-electron chi connectivity index (χ3n) is 2.54. The second kappa shape index (κ2) is 7.01. The van der Waals surface area contributed by atoms with E-state index in [1.54, 1.807) is 0 Å². The number of rotatable bonds is 7. The number of carboxylic acids is 1. The van der Waals surface area contributed by atoms with Crippen LogP contribution in [0.15, 0.2) is 30.3 Å². The lowest BCUT2D eigenvalue weighted by atomic mass is 10.0. The first-order valence-electron chi connectivity index (χ1n) is 5.71. The number of hydrogen-bond acceptors (Lipinski definition) is 2. The third kappa shape index (κ3) is 4.94. The minimum absolute atomic E-state index is 0.0720. The van der Waals surface area contributed by atoms with Crippen molar-refractivity contribution in [1.29, 1.82) is 0 Å². The highest BCUT2D eigenvalue weighted by Crippen LogP contribution is 2.07. The molecule has 1 rings (SSSR count). The summed E-state index contributed by atoms with van der Waals surface area (Å²) in [6.07, 6.45) is 1.98. The van der Waals surface area contributed by atoms with E-state index in [1.807, 2.05) is 25.1 Å². The van der Waals surface area contributed by atoms with Gasteiger partial charge in [-0.2, -0.15) is 0 Å². The summed E-state index contributed by atoms with van der Waals surface area (Å²) in [6, 6.07) is 10.2. The van der Waals surface area contributed by atoms with Gasteiger partial charge < -0.3 is 10.4 Å². The molecule has 0 saturated carbocycles. The van der Waals surface area contributed by atoms with Crippen LogP contribution in [-0.4, -0.2) is 23.7 Å². The van der Waals surface area contributed by atoms with E-state index in [4.69, 9.17) is 5.11 Å². The standard InChI is InChI=1S/C13H19NO2/c1-2-14-12(10-13(15)16)9-8-11-6-4-3-5-7-11/h3-7,12,14H,2,8-10H2,1H3,(H,15,16)/t12-/m1/s1. The zero-order valence-electron chi connectivity index (χ0n) is 9.65. The Morgan fingerprint density at radius 2 is 2.06 bits per heavy atom. The molecule has 0 aromatic heterocycles. The van der Waals surface area contributed by atoms with E-state index < -0.39 is 5.97 Å². The van der Waals surface area contributed by atoms with Crippen LogP contribution in [0.4, 0.5) is 0 Å². The number of aryl methyl sites for hydroxylation is 1. The maximum absolute atomic E-state index is 10.7. The van der Waals surface area contributed by atoms with E-state index in [2.05, 4.69) is 17.4 Å². The fourth-order valence-electron chi connectivity index (χ4n) is 1.76. The first-order chi connectivity index (χ1) is 7.72. The van der Waals surface area contributed by atoms with Crippen molar-refractivity contribution in [1.82, 2.24) is 5.32 Å². The molecule has 0 fully saturated rings. The topological polar surface area (TPSA) is 49.3 Å². The van der Waals surface area contributed by atoms with Gasteiger partial charge in [0.15, 0.2) is 0 Å². The van der Waals surface area contributed by atoms with E-state index in [0.29, 0.717) is 0 Å². The van der Waals surface area contributed by atoms with Gasteiger partial charge in [-0.15, -0.1) is 0 Å². The zero-order valence-corrected chi connectivity index (χ0v) is 9.65. The molecule has 0 radical (unpaired) electrons. The molecule has 0 bridgehead atoms. The Morgan fingerprint density at radius 1 is 1.38 bits per heavy atom. The predicted octanol–water partition coefficient (Wildman–Crippen LogP) is 2.07. The quantitative estimate of drug-likeness (QED) is 0.741. The van der Waals surface area contributed by atoms with Crippen molar-refractivity contribution in [3.8, 4) is 0 Å². The van der Waals surface area contributed by atoms with Gasteiger partial charge in [-0.25, -0.2) is 0 Å². The molecule has 1 aromatic carbocycles. The first kappa shape index (κ1) is 12.7. The number of carbonyl (C=O) groups is 1. The van der Waals surface area contributed by atoms with Gasteiger partial charge in [0.05, 0.1) is 6.42 Å². The lowest BCUT2D eigenvalue weighted by Crippen LogP contribution is -2.31. The van der Waals surface area contributed by atoms with E-state index in [0.717, 1.165) is 19.4 Å². The molecule has 0 spiro atoms. The van der Waals surface area contributed by atoms with Crippen molar-refractivity contribution in [3.05, 3.63) is 35.9 Å². The van der Waals surface area contributed by atoms with E-state index in [1.165, 1.54) is 5.56 Å². The van der Waals surface area contributed by atoms with E-state index in [-0.39, 0.29) is 12.5 Å². The van der Waals surface area contributed by atoms with Crippen LogP contribution in [0.1, 0.15) is 25.3 Å². The van der Waals surface area contributed by atoms with Gasteiger partial charge in [0.25, 0.3) is 0 Å². The van der Waals surface area contributed by atoms with Crippen molar-refractivity contribution < 1.29 is 9.90 Å². The molecule has 3 heteroatoms. The summed E-state index contributed by atoms with van der Waals surface area (Å²) in [7, 11) is 0. The van der Waals surface area contributed by atoms with Gasteiger partial charge in [0.2, 0.25) is 0 Å². The highest BCUT2D eigenvalue weighted by atomic mass is 16.4. The molecule has 1 atom stereocenters. The lowest BCUT2D eigenvalue weighted by Gasteiger charge is -2.15. The SMILES string of the molecule is CCN[C@H](CCc1ccccc1)CC(=O)O. The summed E-state index contributed by atoms with van der Waals surface area (Å²) < 4.78 is 0. The predicted molar refractivity (Wildman–Crippen MR) is 64.5 cm³/mol. The smallest absolute Gasteiger partial charge is 0.304 e. The van der Waals surface area contributed by atoms with Crippen molar-refractivity contribution >= 4 is 5.97 Å². The van der Waals surface area contributed by atoms with Crippen molar-refractivity contribution in [2.45, 2.75) is 32.2 Å². The molecule has 88 valence electrons. The highest BCUT2D eigenvalue weighted by Gasteiger charge is 2.11. The molecular formula is C13H19NO2. The summed E-state index contributed by atoms with van der Waals surface area (Å²) in [5.74, 6) is -0.737. The minimum atomic E-state index is -0.737. The maximum Gasteiger partial charge on any atom is 0.304 e. The molecule has 0 aliphatic carbocycles. The minimum Gasteiger partial charge on any atom is -0.481 e. The van der Waals surface area contributed by atoms with Crippen LogP contribution in [0.3, 0.4) is 0 Å². The average molecular weight is 221 g/mol. The lowest BCUT2D eigenvalue weighted by molar-refractivity contribution is -0.137. The van der Waals surface area contributed by atoms with Gasteiger partial charge >= 0.3 is 5.97 Å². The molecular weight excluding hydrogens is 202 g/mol. The Morgan fingerprint density at radius 3 is 2.62 bits per heavy atom. The van der Waals surface area contributed by atoms with Gasteiger partial charge in [-0.1, -0.05) is 37.3 Å². The number of carboxylic acid groups (broad SMARTS) is 1. The largest absolute Gasteiger partial charge is 0.481 e. The van der Waals surface area contributed by atoms with Gasteiger partial charge in [-0.05, 0) is 24.9 Å². The fraction of sp³-hybridized carbons (Fsp3) is 0.462. The Kier molecular flexibility index (Phi) is 5.57. The van der Waals surface area contributed by atoms with Crippen LogP contribution in [0, 0.1) is 0 Å². The molecule has 0 heterocycles. The second-order valence-corrected chi connectivity index (χ2v) is 3.88. The van der Waals surface area contributed by atoms with Crippen LogP contribution >= 0.6 is 0 Å². The monoisotopic (exact) mass is 221 g/mol. The van der Waals surface area contributed by atoms with Crippen LogP contribution in [0.2, 0.25) is 0 Å². The number of nitrogens with one attached hydrogen (secondary N) is 1. The molecule has 0 aliphatic rings. The summed E-state index contributed by atoms with van der Waals surface area (Å²) in [5, 5.41) is 12.0. The van der Waals surface area contributed by atoms with Crippen molar-refractivity contribution in [2.75, 3.05) is 6.54 Å². The molecule has 1 aromatic rings. The number of benzene rings is 1. The molecule has 2 N–H and O–H groups in total. The summed E-state index contributed by atoms with van der Waals surface area (Å²) in [5.41, 5.74) is 1.26. The fourth-order valence-corrected chi connectivity index (χ4v) is 1.76. The third-order valence-corrected chi connectivity index (χ3v) is 2.54. The molecule has 16 heavy (non-hydrogen) atoms. The van der Waals surface area contributed by atoms with Crippen LogP contribution in [0.5, 0.6) is 0 Å². The van der Waals surface area contributed by atoms with Crippen molar-refractivity contribution in [2.24, 2.45) is 0 Å². The Balaban J connectivity index is 2.40.